The molecule has 0 aliphatic carbocycles. The van der Waals surface area contributed by atoms with Gasteiger partial charge in [0.15, 0.2) is 5.11 Å². The highest BCUT2D eigenvalue weighted by molar-refractivity contribution is 7.80. The van der Waals surface area contributed by atoms with E-state index in [1.165, 1.54) is 11.1 Å². The molecule has 4 rings (SSSR count). The number of hydrogen-bond donors (Lipinski definition) is 1. The average molecular weight is 368 g/mol. The van der Waals surface area contributed by atoms with Gasteiger partial charge in [-0.1, -0.05) is 31.2 Å². The Labute approximate surface area is 159 Å². The number of anilines is 1. The van der Waals surface area contributed by atoms with Gasteiger partial charge in [0.05, 0.1) is 0 Å². The molecule has 2 aliphatic heterocycles. The van der Waals surface area contributed by atoms with E-state index in [0.717, 1.165) is 49.0 Å². The van der Waals surface area contributed by atoms with Crippen LogP contribution in [0, 0.1) is 12.8 Å². The molecular weight excluding hydrogens is 342 g/mol. The van der Waals surface area contributed by atoms with Crippen molar-refractivity contribution < 1.29 is 0 Å². The number of benzene rings is 1. The summed E-state index contributed by atoms with van der Waals surface area (Å²) in [7, 11) is 0. The molecule has 26 heavy (non-hydrogen) atoms. The molecule has 1 saturated heterocycles. The highest BCUT2D eigenvalue weighted by Crippen LogP contribution is 2.35. The Hall–Kier alpha value is -2.14. The van der Waals surface area contributed by atoms with E-state index in [1.807, 2.05) is 10.6 Å². The molecule has 5 heteroatoms. The zero-order chi connectivity index (χ0) is 18.3. The highest BCUT2D eigenvalue weighted by Gasteiger charge is 2.35. The maximum absolute atomic E-state index is 12.2. The zero-order valence-electron chi connectivity index (χ0n) is 15.4. The van der Waals surface area contributed by atoms with Gasteiger partial charge < -0.3 is 14.8 Å². The predicted molar refractivity (Wildman–Crippen MR) is 110 cm³/mol. The lowest BCUT2D eigenvalue weighted by Crippen LogP contribution is -2.50. The largest absolute Gasteiger partial charge is 0.348 e. The lowest BCUT2D eigenvalue weighted by Gasteiger charge is -2.43. The summed E-state index contributed by atoms with van der Waals surface area (Å²) in [5, 5.41) is 4.31. The Morgan fingerprint density at radius 3 is 2.81 bits per heavy atom. The number of nitrogens with zero attached hydrogens (tertiary/aromatic N) is 2. The fourth-order valence-electron chi connectivity index (χ4n) is 4.45. The summed E-state index contributed by atoms with van der Waals surface area (Å²) in [6, 6.07) is 12.0. The van der Waals surface area contributed by atoms with Crippen molar-refractivity contribution in [1.82, 2.24) is 9.47 Å². The number of aryl methyl sites for hydroxylation is 2. The molecule has 136 valence electrons. The normalized spacial score (nSPS) is 21.2. The lowest BCUT2D eigenvalue weighted by atomic mass is 9.83. The SMILES string of the molecule is CCc1cccc(C)c1NC(=S)N1C[C@H]2C[C@H](C1)c1cccc(=O)n1C2. The van der Waals surface area contributed by atoms with Crippen LogP contribution in [0.4, 0.5) is 5.69 Å². The van der Waals surface area contributed by atoms with Gasteiger partial charge in [-0.3, -0.25) is 4.79 Å². The van der Waals surface area contributed by atoms with E-state index < -0.39 is 0 Å². The summed E-state index contributed by atoms with van der Waals surface area (Å²) in [4.78, 5) is 14.5. The van der Waals surface area contributed by atoms with Crippen LogP contribution in [0.1, 0.15) is 36.1 Å². The van der Waals surface area contributed by atoms with E-state index >= 15 is 0 Å². The first-order valence-corrected chi connectivity index (χ1v) is 9.81. The summed E-state index contributed by atoms with van der Waals surface area (Å²) in [6.45, 7) is 6.88. The predicted octanol–water partition coefficient (Wildman–Crippen LogP) is 3.54. The molecule has 2 bridgehead atoms. The molecule has 3 heterocycles. The molecule has 0 saturated carbocycles. The standard InChI is InChI=1S/C21H25N3OS/c1-3-16-7-4-6-14(2)20(16)22-21(26)23-11-15-10-17(13-23)18-8-5-9-19(25)24(18)12-15/h4-9,15,17H,3,10-13H2,1-2H3,(H,22,26)/t15-,17-/m1/s1. The van der Waals surface area contributed by atoms with Crippen molar-refractivity contribution in [1.29, 1.82) is 0 Å². The number of hydrogen-bond acceptors (Lipinski definition) is 2. The molecule has 1 fully saturated rings. The van der Waals surface area contributed by atoms with Crippen LogP contribution in [0.2, 0.25) is 0 Å². The Morgan fingerprint density at radius 2 is 2.00 bits per heavy atom. The number of thiocarbonyl (C=S) groups is 1. The third kappa shape index (κ3) is 3.05. The van der Waals surface area contributed by atoms with E-state index in [0.29, 0.717) is 11.8 Å². The minimum Gasteiger partial charge on any atom is -0.348 e. The number of nitrogens with one attached hydrogen (secondary N) is 1. The second kappa shape index (κ2) is 6.88. The van der Waals surface area contributed by atoms with Crippen LogP contribution in [0.15, 0.2) is 41.2 Å². The Bertz CT molecular complexity index is 904. The molecule has 0 amide bonds. The van der Waals surface area contributed by atoms with E-state index in [-0.39, 0.29) is 5.56 Å². The van der Waals surface area contributed by atoms with Crippen molar-refractivity contribution in [3.63, 3.8) is 0 Å². The Morgan fingerprint density at radius 1 is 1.19 bits per heavy atom. The van der Waals surface area contributed by atoms with Crippen LogP contribution < -0.4 is 10.9 Å². The van der Waals surface area contributed by atoms with Gasteiger partial charge in [-0.05, 0) is 55.1 Å². The summed E-state index contributed by atoms with van der Waals surface area (Å²) in [5.41, 5.74) is 4.94. The Kier molecular flexibility index (Phi) is 4.57. The summed E-state index contributed by atoms with van der Waals surface area (Å²) >= 11 is 5.77. The molecule has 2 aliphatic rings. The minimum atomic E-state index is 0.124. The fourth-order valence-corrected chi connectivity index (χ4v) is 4.70. The molecule has 1 N–H and O–H groups in total. The summed E-state index contributed by atoms with van der Waals surface area (Å²) in [5.74, 6) is 0.849. The Balaban J connectivity index is 1.56. The monoisotopic (exact) mass is 367 g/mol. The van der Waals surface area contributed by atoms with Gasteiger partial charge in [-0.2, -0.15) is 0 Å². The number of pyridine rings is 1. The van der Waals surface area contributed by atoms with Crippen molar-refractivity contribution in [2.45, 2.75) is 39.2 Å². The molecule has 1 aromatic heterocycles. The van der Waals surface area contributed by atoms with Crippen LogP contribution in [0.3, 0.4) is 0 Å². The van der Waals surface area contributed by atoms with Gasteiger partial charge in [0, 0.05) is 43.0 Å². The third-order valence-electron chi connectivity index (χ3n) is 5.74. The van der Waals surface area contributed by atoms with Gasteiger partial charge in [0.25, 0.3) is 5.56 Å². The van der Waals surface area contributed by atoms with Gasteiger partial charge in [0.2, 0.25) is 0 Å². The van der Waals surface area contributed by atoms with Crippen molar-refractivity contribution in [3.8, 4) is 0 Å². The molecular formula is C21H25N3OS. The molecule has 1 aromatic carbocycles. The van der Waals surface area contributed by atoms with Crippen LogP contribution in [0.5, 0.6) is 0 Å². The van der Waals surface area contributed by atoms with Gasteiger partial charge >= 0.3 is 0 Å². The lowest BCUT2D eigenvalue weighted by molar-refractivity contribution is 0.180. The second-order valence-electron chi connectivity index (χ2n) is 7.50. The number of piperidine rings is 1. The number of rotatable bonds is 2. The quantitative estimate of drug-likeness (QED) is 0.824. The first-order valence-electron chi connectivity index (χ1n) is 9.41. The van der Waals surface area contributed by atoms with Crippen LogP contribution in [-0.2, 0) is 13.0 Å². The van der Waals surface area contributed by atoms with E-state index in [9.17, 15) is 4.79 Å². The number of aromatic nitrogens is 1. The molecule has 0 spiro atoms. The smallest absolute Gasteiger partial charge is 0.250 e. The fraction of sp³-hybridized carbons (Fsp3) is 0.429. The van der Waals surface area contributed by atoms with E-state index in [2.05, 4.69) is 48.3 Å². The topological polar surface area (TPSA) is 37.3 Å². The van der Waals surface area contributed by atoms with Crippen LogP contribution >= 0.6 is 12.2 Å². The van der Waals surface area contributed by atoms with Crippen molar-refractivity contribution >= 4 is 23.0 Å². The van der Waals surface area contributed by atoms with E-state index in [1.54, 1.807) is 6.07 Å². The zero-order valence-corrected chi connectivity index (χ0v) is 16.2. The summed E-state index contributed by atoms with van der Waals surface area (Å²) < 4.78 is 1.96. The minimum absolute atomic E-state index is 0.124. The van der Waals surface area contributed by atoms with Gasteiger partial charge in [0.1, 0.15) is 0 Å². The van der Waals surface area contributed by atoms with Gasteiger partial charge in [-0.25, -0.2) is 0 Å². The molecule has 0 unspecified atom stereocenters. The van der Waals surface area contributed by atoms with Gasteiger partial charge in [-0.15, -0.1) is 0 Å². The molecule has 2 atom stereocenters. The van der Waals surface area contributed by atoms with Crippen molar-refractivity contribution in [2.75, 3.05) is 18.4 Å². The number of para-hydroxylation sites is 1. The van der Waals surface area contributed by atoms with Crippen molar-refractivity contribution in [3.05, 3.63) is 63.6 Å². The maximum Gasteiger partial charge on any atom is 0.250 e. The van der Waals surface area contributed by atoms with Crippen LogP contribution in [-0.4, -0.2) is 27.7 Å². The first-order chi connectivity index (χ1) is 12.6. The van der Waals surface area contributed by atoms with Crippen LogP contribution in [0.25, 0.3) is 0 Å². The number of fused-ring (bicyclic) bond motifs is 4. The van der Waals surface area contributed by atoms with E-state index in [4.69, 9.17) is 12.2 Å². The average Bonchev–Trinajstić information content (AvgIpc) is 2.64. The maximum atomic E-state index is 12.2. The molecule has 0 radical (unpaired) electrons. The third-order valence-corrected chi connectivity index (χ3v) is 6.10. The molecule has 2 aromatic rings. The summed E-state index contributed by atoms with van der Waals surface area (Å²) in [6.07, 6.45) is 2.13. The highest BCUT2D eigenvalue weighted by atomic mass is 32.1. The van der Waals surface area contributed by atoms with Crippen molar-refractivity contribution in [2.24, 2.45) is 5.92 Å². The molecule has 4 nitrogen and oxygen atoms in total. The first kappa shape index (κ1) is 17.3. The second-order valence-corrected chi connectivity index (χ2v) is 7.88. The number of likely N-dealkylation sites (tertiary alicyclic amines) is 1.